The number of pyridine rings is 1. The van der Waals surface area contributed by atoms with Gasteiger partial charge in [0.2, 0.25) is 0 Å². The second-order valence-electron chi connectivity index (χ2n) is 7.10. The van der Waals surface area contributed by atoms with Crippen LogP contribution >= 0.6 is 0 Å². The molecule has 0 spiro atoms. The Bertz CT molecular complexity index is 1380. The van der Waals surface area contributed by atoms with Gasteiger partial charge in [-0.1, -0.05) is 12.1 Å². The zero-order valence-electron chi connectivity index (χ0n) is 16.8. The topological polar surface area (TPSA) is 73.6 Å². The molecule has 4 aromatic rings. The highest BCUT2D eigenvalue weighted by Gasteiger charge is 2.17. The summed E-state index contributed by atoms with van der Waals surface area (Å²) in [6.07, 6.45) is 3.40. The molecule has 9 heteroatoms. The Morgan fingerprint density at radius 2 is 1.77 bits per heavy atom. The van der Waals surface area contributed by atoms with Crippen molar-refractivity contribution in [2.45, 2.75) is 17.7 Å². The zero-order chi connectivity index (χ0) is 22.2. The normalized spacial score (nSPS) is 11.7. The Balaban J connectivity index is 1.71. The van der Waals surface area contributed by atoms with Crippen LogP contribution in [0.1, 0.15) is 11.3 Å². The fourth-order valence-corrected chi connectivity index (χ4v) is 4.18. The second kappa shape index (κ2) is 8.07. The van der Waals surface area contributed by atoms with Gasteiger partial charge in [0, 0.05) is 28.6 Å². The summed E-state index contributed by atoms with van der Waals surface area (Å²) >= 11 is 0. The second-order valence-corrected chi connectivity index (χ2v) is 9.11. The van der Waals surface area contributed by atoms with E-state index in [2.05, 4.69) is 10.2 Å². The van der Waals surface area contributed by atoms with Crippen molar-refractivity contribution in [1.29, 1.82) is 0 Å². The number of aryl methyl sites for hydroxylation is 1. The van der Waals surface area contributed by atoms with E-state index >= 15 is 0 Å². The van der Waals surface area contributed by atoms with E-state index in [4.69, 9.17) is 4.74 Å². The number of ether oxygens (including phenoxy) is 1. The average molecular weight is 443 g/mol. The summed E-state index contributed by atoms with van der Waals surface area (Å²) in [4.78, 5) is -0.0957. The molecule has 0 bridgehead atoms. The van der Waals surface area contributed by atoms with Crippen molar-refractivity contribution in [3.63, 3.8) is 0 Å². The van der Waals surface area contributed by atoms with Gasteiger partial charge in [0.25, 0.3) is 0 Å². The predicted octanol–water partition coefficient (Wildman–Crippen LogP) is 3.87. The Labute approximate surface area is 178 Å². The average Bonchev–Trinajstić information content (AvgIpc) is 3.22. The summed E-state index contributed by atoms with van der Waals surface area (Å²) in [6, 6.07) is 12.0. The smallest absolute Gasteiger partial charge is 0.175 e. The maximum atomic E-state index is 14.7. The van der Waals surface area contributed by atoms with Crippen molar-refractivity contribution in [3.8, 4) is 16.9 Å². The number of methoxy groups -OCH3 is 1. The number of nitrogens with zero attached hydrogens (tertiary/aromatic N) is 3. The number of aromatic nitrogens is 3. The largest absolute Gasteiger partial charge is 0.496 e. The first-order valence-electron chi connectivity index (χ1n) is 9.42. The first-order valence-corrected chi connectivity index (χ1v) is 11.3. The van der Waals surface area contributed by atoms with Crippen LogP contribution in [0.25, 0.3) is 16.8 Å². The minimum absolute atomic E-state index is 0.0957. The third-order valence-corrected chi connectivity index (χ3v) is 6.24. The van der Waals surface area contributed by atoms with Crippen LogP contribution in [0.4, 0.5) is 8.78 Å². The standard InChI is InChI=1S/C22H19F2N3O3S/c1-30-21-5-3-4-19(23)18(21)10-7-14-6-9-17(22-26-25-13-27(14)22)16-11-8-15(12-20(16)24)31(2,28)29/h3-6,8-9,11-13H,7,10H2,1-2H3. The molecule has 0 saturated heterocycles. The summed E-state index contributed by atoms with van der Waals surface area (Å²) in [6.45, 7) is 0. The van der Waals surface area contributed by atoms with Gasteiger partial charge in [-0.2, -0.15) is 0 Å². The quantitative estimate of drug-likeness (QED) is 0.452. The molecule has 160 valence electrons. The minimum Gasteiger partial charge on any atom is -0.496 e. The number of sulfone groups is 1. The Morgan fingerprint density at radius 3 is 2.48 bits per heavy atom. The van der Waals surface area contributed by atoms with E-state index in [-0.39, 0.29) is 16.3 Å². The summed E-state index contributed by atoms with van der Waals surface area (Å²) in [7, 11) is -2.03. The summed E-state index contributed by atoms with van der Waals surface area (Å²) < 4.78 is 59.3. The monoisotopic (exact) mass is 443 g/mol. The maximum Gasteiger partial charge on any atom is 0.175 e. The molecule has 0 N–H and O–H groups in total. The number of hydrogen-bond acceptors (Lipinski definition) is 5. The molecule has 0 aliphatic heterocycles. The Morgan fingerprint density at radius 1 is 1.00 bits per heavy atom. The van der Waals surface area contributed by atoms with E-state index in [0.717, 1.165) is 18.0 Å². The lowest BCUT2D eigenvalue weighted by molar-refractivity contribution is 0.404. The van der Waals surface area contributed by atoms with E-state index < -0.39 is 15.7 Å². The van der Waals surface area contributed by atoms with Crippen molar-refractivity contribution in [1.82, 2.24) is 14.6 Å². The maximum absolute atomic E-state index is 14.7. The van der Waals surface area contributed by atoms with Gasteiger partial charge in [-0.05, 0) is 49.2 Å². The molecule has 0 atom stereocenters. The summed E-state index contributed by atoms with van der Waals surface area (Å²) in [5.41, 5.74) is 2.39. The molecule has 2 aromatic carbocycles. The highest BCUT2D eigenvalue weighted by atomic mass is 32.2. The molecule has 0 saturated carbocycles. The van der Waals surface area contributed by atoms with E-state index in [0.29, 0.717) is 35.4 Å². The Hall–Kier alpha value is -3.33. The SMILES string of the molecule is COc1cccc(F)c1CCc1ccc(-c2ccc(S(C)(=O)=O)cc2F)c2nncn12. The molecule has 2 heterocycles. The highest BCUT2D eigenvalue weighted by Crippen LogP contribution is 2.29. The molecule has 4 rings (SSSR count). The molecule has 0 fully saturated rings. The molecule has 0 aliphatic rings. The first-order chi connectivity index (χ1) is 14.8. The van der Waals surface area contributed by atoms with Crippen molar-refractivity contribution < 1.29 is 21.9 Å². The van der Waals surface area contributed by atoms with Crippen molar-refractivity contribution in [2.75, 3.05) is 13.4 Å². The van der Waals surface area contributed by atoms with Crippen molar-refractivity contribution in [2.24, 2.45) is 0 Å². The lowest BCUT2D eigenvalue weighted by Crippen LogP contribution is -2.04. The number of benzene rings is 2. The van der Waals surface area contributed by atoms with E-state index in [1.165, 1.54) is 31.6 Å². The predicted molar refractivity (Wildman–Crippen MR) is 112 cm³/mol. The van der Waals surface area contributed by atoms with Gasteiger partial charge >= 0.3 is 0 Å². The van der Waals surface area contributed by atoms with Crippen LogP contribution in [-0.4, -0.2) is 36.4 Å². The van der Waals surface area contributed by atoms with Gasteiger partial charge in [-0.3, -0.25) is 4.40 Å². The first kappa shape index (κ1) is 20.9. The molecule has 6 nitrogen and oxygen atoms in total. The lowest BCUT2D eigenvalue weighted by atomic mass is 10.0. The molecular formula is C22H19F2N3O3S. The van der Waals surface area contributed by atoms with E-state index in [1.807, 2.05) is 0 Å². The zero-order valence-corrected chi connectivity index (χ0v) is 17.7. The van der Waals surface area contributed by atoms with Crippen LogP contribution in [0.15, 0.2) is 59.8 Å². The van der Waals surface area contributed by atoms with Gasteiger partial charge in [0.15, 0.2) is 15.5 Å². The van der Waals surface area contributed by atoms with E-state index in [9.17, 15) is 17.2 Å². The highest BCUT2D eigenvalue weighted by molar-refractivity contribution is 7.90. The van der Waals surface area contributed by atoms with Crippen LogP contribution in [0.5, 0.6) is 5.75 Å². The third-order valence-electron chi connectivity index (χ3n) is 5.13. The lowest BCUT2D eigenvalue weighted by Gasteiger charge is -2.12. The number of fused-ring (bicyclic) bond motifs is 1. The van der Waals surface area contributed by atoms with Crippen LogP contribution in [-0.2, 0) is 22.7 Å². The summed E-state index contributed by atoms with van der Waals surface area (Å²) in [5.74, 6) is -0.537. The minimum atomic E-state index is -3.52. The van der Waals surface area contributed by atoms with Crippen LogP contribution in [0.2, 0.25) is 0 Å². The molecule has 0 aliphatic carbocycles. The van der Waals surface area contributed by atoms with Crippen molar-refractivity contribution >= 4 is 15.5 Å². The fraction of sp³-hybridized carbons (Fsp3) is 0.182. The molecule has 0 amide bonds. The van der Waals surface area contributed by atoms with Gasteiger partial charge in [0.1, 0.15) is 23.7 Å². The van der Waals surface area contributed by atoms with Gasteiger partial charge in [-0.15, -0.1) is 10.2 Å². The Kier molecular flexibility index (Phi) is 5.45. The van der Waals surface area contributed by atoms with Gasteiger partial charge < -0.3 is 4.74 Å². The van der Waals surface area contributed by atoms with Crippen molar-refractivity contribution in [3.05, 3.63) is 77.8 Å². The number of hydrogen-bond donors (Lipinski definition) is 0. The fourth-order valence-electron chi connectivity index (χ4n) is 3.55. The summed E-state index contributed by atoms with van der Waals surface area (Å²) in [5, 5.41) is 8.04. The van der Waals surface area contributed by atoms with E-state index in [1.54, 1.807) is 28.7 Å². The van der Waals surface area contributed by atoms with Crippen LogP contribution < -0.4 is 4.74 Å². The molecule has 2 aromatic heterocycles. The molecular weight excluding hydrogens is 424 g/mol. The molecule has 31 heavy (non-hydrogen) atoms. The number of rotatable bonds is 6. The van der Waals surface area contributed by atoms with Gasteiger partial charge in [0.05, 0.1) is 12.0 Å². The third kappa shape index (κ3) is 4.00. The number of halogens is 2. The molecule has 0 unspecified atom stereocenters. The molecule has 0 radical (unpaired) electrons. The van der Waals surface area contributed by atoms with Crippen LogP contribution in [0.3, 0.4) is 0 Å². The van der Waals surface area contributed by atoms with Gasteiger partial charge in [-0.25, -0.2) is 17.2 Å². The van der Waals surface area contributed by atoms with Crippen LogP contribution in [0, 0.1) is 11.6 Å².